The van der Waals surface area contributed by atoms with Crippen LogP contribution in [0.15, 0.2) is 48.7 Å². The van der Waals surface area contributed by atoms with Gasteiger partial charge in [-0.2, -0.15) is 0 Å². The predicted molar refractivity (Wildman–Crippen MR) is 85.3 cm³/mol. The topological polar surface area (TPSA) is 63.2 Å². The number of ether oxygens (including phenoxy) is 1. The summed E-state index contributed by atoms with van der Waals surface area (Å²) >= 11 is 5.06. The first-order valence-electron chi connectivity index (χ1n) is 6.35. The normalized spacial score (nSPS) is 9.76. The number of pyridine rings is 1. The number of aromatic nitrogens is 1. The summed E-state index contributed by atoms with van der Waals surface area (Å²) in [5.74, 6) is 0.920. The molecule has 0 fully saturated rings. The minimum Gasteiger partial charge on any atom is -0.484 e. The van der Waals surface area contributed by atoms with E-state index in [2.05, 4.69) is 15.6 Å². The minimum absolute atomic E-state index is 0.104. The molecular formula is C15H15N3O2S. The maximum absolute atomic E-state index is 11.7. The zero-order valence-corrected chi connectivity index (χ0v) is 12.3. The Morgan fingerprint density at radius 2 is 2.00 bits per heavy atom. The fourth-order valence-corrected chi connectivity index (χ4v) is 1.79. The SMILES string of the molecule is Cc1cccnc1NC(=S)NC(=O)COc1ccccc1. The third kappa shape index (κ3) is 4.85. The molecule has 2 N–H and O–H groups in total. The monoisotopic (exact) mass is 301 g/mol. The van der Waals surface area contributed by atoms with Gasteiger partial charge in [-0.15, -0.1) is 0 Å². The van der Waals surface area contributed by atoms with E-state index in [9.17, 15) is 4.79 Å². The fraction of sp³-hybridized carbons (Fsp3) is 0.133. The molecule has 0 aliphatic carbocycles. The van der Waals surface area contributed by atoms with Crippen molar-refractivity contribution in [3.63, 3.8) is 0 Å². The predicted octanol–water partition coefficient (Wildman–Crippen LogP) is 2.28. The number of rotatable bonds is 4. The van der Waals surface area contributed by atoms with Gasteiger partial charge < -0.3 is 10.1 Å². The smallest absolute Gasteiger partial charge is 0.264 e. The van der Waals surface area contributed by atoms with Crippen LogP contribution in [0.1, 0.15) is 5.56 Å². The van der Waals surface area contributed by atoms with Crippen LogP contribution in [0.5, 0.6) is 5.75 Å². The Balaban J connectivity index is 1.80. The molecule has 0 saturated carbocycles. The summed E-state index contributed by atoms with van der Waals surface area (Å²) in [6.07, 6.45) is 1.65. The Morgan fingerprint density at radius 1 is 1.24 bits per heavy atom. The van der Waals surface area contributed by atoms with Crippen LogP contribution < -0.4 is 15.4 Å². The number of hydrogen-bond donors (Lipinski definition) is 2. The number of nitrogens with one attached hydrogen (secondary N) is 2. The molecule has 1 aromatic heterocycles. The Hall–Kier alpha value is -2.47. The first-order valence-corrected chi connectivity index (χ1v) is 6.76. The van der Waals surface area contributed by atoms with Gasteiger partial charge in [0.1, 0.15) is 11.6 Å². The van der Waals surface area contributed by atoms with E-state index < -0.39 is 0 Å². The maximum atomic E-state index is 11.7. The molecule has 0 bridgehead atoms. The van der Waals surface area contributed by atoms with Crippen molar-refractivity contribution >= 4 is 29.1 Å². The number of aryl methyl sites for hydroxylation is 1. The molecule has 6 heteroatoms. The van der Waals surface area contributed by atoms with Gasteiger partial charge in [-0.3, -0.25) is 10.1 Å². The van der Waals surface area contributed by atoms with Crippen LogP contribution in [0, 0.1) is 6.92 Å². The van der Waals surface area contributed by atoms with Gasteiger partial charge in [-0.05, 0) is 42.9 Å². The Bertz CT molecular complexity index is 632. The molecule has 108 valence electrons. The van der Waals surface area contributed by atoms with E-state index in [4.69, 9.17) is 17.0 Å². The van der Waals surface area contributed by atoms with Crippen molar-refractivity contribution in [2.24, 2.45) is 0 Å². The van der Waals surface area contributed by atoms with E-state index in [1.807, 2.05) is 37.3 Å². The quantitative estimate of drug-likeness (QED) is 0.848. The summed E-state index contributed by atoms with van der Waals surface area (Å²) in [5, 5.41) is 5.61. The van der Waals surface area contributed by atoms with Crippen molar-refractivity contribution < 1.29 is 9.53 Å². The van der Waals surface area contributed by atoms with Crippen LogP contribution in [-0.2, 0) is 4.79 Å². The number of amides is 1. The summed E-state index contributed by atoms with van der Waals surface area (Å²) in [6, 6.07) is 12.8. The Morgan fingerprint density at radius 3 is 2.71 bits per heavy atom. The van der Waals surface area contributed by atoms with E-state index in [0.717, 1.165) is 5.56 Å². The summed E-state index contributed by atoms with van der Waals surface area (Å²) in [7, 11) is 0. The zero-order valence-electron chi connectivity index (χ0n) is 11.5. The van der Waals surface area contributed by atoms with E-state index >= 15 is 0 Å². The molecular weight excluding hydrogens is 286 g/mol. The molecule has 1 heterocycles. The van der Waals surface area contributed by atoms with Crippen LogP contribution in [-0.4, -0.2) is 22.6 Å². The van der Waals surface area contributed by atoms with Crippen molar-refractivity contribution in [2.75, 3.05) is 11.9 Å². The minimum atomic E-state index is -0.329. The van der Waals surface area contributed by atoms with Crippen molar-refractivity contribution in [1.29, 1.82) is 0 Å². The van der Waals surface area contributed by atoms with Crippen molar-refractivity contribution in [3.05, 3.63) is 54.2 Å². The van der Waals surface area contributed by atoms with Gasteiger partial charge in [0.15, 0.2) is 11.7 Å². The Labute approximate surface area is 128 Å². The lowest BCUT2D eigenvalue weighted by Crippen LogP contribution is -2.37. The molecule has 2 rings (SSSR count). The number of carbonyl (C=O) groups excluding carboxylic acids is 1. The van der Waals surface area contributed by atoms with Crippen LogP contribution in [0.25, 0.3) is 0 Å². The molecule has 0 spiro atoms. The second-order valence-corrected chi connectivity index (χ2v) is 4.68. The van der Waals surface area contributed by atoms with Gasteiger partial charge in [0, 0.05) is 6.20 Å². The first kappa shape index (κ1) is 14.9. The van der Waals surface area contributed by atoms with Gasteiger partial charge in [0.05, 0.1) is 0 Å². The second-order valence-electron chi connectivity index (χ2n) is 4.27. The lowest BCUT2D eigenvalue weighted by atomic mass is 10.3. The van der Waals surface area contributed by atoms with Crippen molar-refractivity contribution in [1.82, 2.24) is 10.3 Å². The lowest BCUT2D eigenvalue weighted by molar-refractivity contribution is -0.121. The highest BCUT2D eigenvalue weighted by Crippen LogP contribution is 2.09. The third-order valence-corrected chi connectivity index (χ3v) is 2.81. The summed E-state index contributed by atoms with van der Waals surface area (Å²) in [6.45, 7) is 1.80. The van der Waals surface area contributed by atoms with E-state index in [1.165, 1.54) is 0 Å². The molecule has 21 heavy (non-hydrogen) atoms. The molecule has 0 saturated heterocycles. The fourth-order valence-electron chi connectivity index (χ4n) is 1.58. The van der Waals surface area contributed by atoms with Gasteiger partial charge in [0.2, 0.25) is 0 Å². The standard InChI is InChI=1S/C15H15N3O2S/c1-11-6-5-9-16-14(11)18-15(21)17-13(19)10-20-12-7-3-2-4-8-12/h2-9H,10H2,1H3,(H2,16,17,18,19,21). The highest BCUT2D eigenvalue weighted by molar-refractivity contribution is 7.80. The lowest BCUT2D eigenvalue weighted by Gasteiger charge is -2.11. The van der Waals surface area contributed by atoms with E-state index in [1.54, 1.807) is 18.3 Å². The van der Waals surface area contributed by atoms with Crippen LogP contribution in [0.2, 0.25) is 0 Å². The molecule has 2 aromatic rings. The van der Waals surface area contributed by atoms with E-state index in [0.29, 0.717) is 11.6 Å². The molecule has 1 aromatic carbocycles. The molecule has 1 amide bonds. The molecule has 5 nitrogen and oxygen atoms in total. The number of carbonyl (C=O) groups is 1. The molecule has 0 aliphatic rings. The zero-order chi connectivity index (χ0) is 15.1. The van der Waals surface area contributed by atoms with Gasteiger partial charge in [-0.1, -0.05) is 24.3 Å². The number of benzene rings is 1. The number of nitrogens with zero attached hydrogens (tertiary/aromatic N) is 1. The largest absolute Gasteiger partial charge is 0.484 e. The second kappa shape index (κ2) is 7.35. The van der Waals surface area contributed by atoms with Gasteiger partial charge >= 0.3 is 0 Å². The summed E-state index contributed by atoms with van der Waals surface area (Å²) in [5.41, 5.74) is 0.939. The van der Waals surface area contributed by atoms with Crippen LogP contribution in [0.3, 0.4) is 0 Å². The molecule has 0 aliphatic heterocycles. The summed E-state index contributed by atoms with van der Waals surface area (Å²) in [4.78, 5) is 15.9. The number of para-hydroxylation sites is 1. The third-order valence-electron chi connectivity index (χ3n) is 2.61. The molecule has 0 unspecified atom stereocenters. The van der Waals surface area contributed by atoms with Crippen LogP contribution in [0.4, 0.5) is 5.82 Å². The van der Waals surface area contributed by atoms with Crippen LogP contribution >= 0.6 is 12.2 Å². The summed E-state index contributed by atoms with van der Waals surface area (Å²) < 4.78 is 5.33. The average molecular weight is 301 g/mol. The molecule has 0 radical (unpaired) electrons. The first-order chi connectivity index (χ1) is 10.1. The van der Waals surface area contributed by atoms with Gasteiger partial charge in [0.25, 0.3) is 5.91 Å². The number of hydrogen-bond acceptors (Lipinski definition) is 4. The highest BCUT2D eigenvalue weighted by atomic mass is 32.1. The number of anilines is 1. The van der Waals surface area contributed by atoms with Gasteiger partial charge in [-0.25, -0.2) is 4.98 Å². The van der Waals surface area contributed by atoms with Crippen molar-refractivity contribution in [3.8, 4) is 5.75 Å². The van der Waals surface area contributed by atoms with Crippen molar-refractivity contribution in [2.45, 2.75) is 6.92 Å². The molecule has 0 atom stereocenters. The highest BCUT2D eigenvalue weighted by Gasteiger charge is 2.07. The average Bonchev–Trinajstić information content (AvgIpc) is 2.48. The number of thiocarbonyl (C=S) groups is 1. The van der Waals surface area contributed by atoms with E-state index in [-0.39, 0.29) is 17.6 Å². The maximum Gasteiger partial charge on any atom is 0.264 e. The Kier molecular flexibility index (Phi) is 5.22.